The fourth-order valence-electron chi connectivity index (χ4n) is 2.32. The Labute approximate surface area is 169 Å². The van der Waals surface area contributed by atoms with Crippen molar-refractivity contribution < 1.29 is 14.5 Å². The highest BCUT2D eigenvalue weighted by atomic mass is 35.5. The molecule has 6 nitrogen and oxygen atoms in total. The summed E-state index contributed by atoms with van der Waals surface area (Å²) in [5, 5.41) is 11.7. The third-order valence-electron chi connectivity index (χ3n) is 3.78. The van der Waals surface area contributed by atoms with Gasteiger partial charge in [-0.2, -0.15) is 0 Å². The van der Waals surface area contributed by atoms with Gasteiger partial charge in [-0.25, -0.2) is 0 Å². The number of thiocarbonyl (C=S) groups is 1. The maximum Gasteiger partial charge on any atom is 0.270 e. The van der Waals surface area contributed by atoms with Crippen LogP contribution in [-0.4, -0.2) is 27.1 Å². The van der Waals surface area contributed by atoms with Crippen LogP contribution in [0.1, 0.15) is 11.1 Å². The van der Waals surface area contributed by atoms with E-state index in [0.717, 1.165) is 17.3 Å². The molecule has 1 saturated heterocycles. The molecule has 27 heavy (non-hydrogen) atoms. The highest BCUT2D eigenvalue weighted by molar-refractivity contribution is 8.26. The van der Waals surface area contributed by atoms with Gasteiger partial charge in [0.05, 0.1) is 9.83 Å². The van der Waals surface area contributed by atoms with Crippen LogP contribution < -0.4 is 4.74 Å². The number of carbonyl (C=O) groups excluding carboxylic acids is 1. The molecule has 138 valence electrons. The first-order chi connectivity index (χ1) is 12.8. The van der Waals surface area contributed by atoms with Gasteiger partial charge in [0.15, 0.2) is 0 Å². The van der Waals surface area contributed by atoms with Crippen LogP contribution >= 0.6 is 35.6 Å². The van der Waals surface area contributed by atoms with Crippen molar-refractivity contribution in [3.8, 4) is 5.75 Å². The molecule has 0 atom stereocenters. The Morgan fingerprint density at radius 3 is 2.59 bits per heavy atom. The number of carbonyl (C=O) groups is 1. The summed E-state index contributed by atoms with van der Waals surface area (Å²) in [5.41, 5.74) is 1.24. The molecule has 2 aromatic rings. The van der Waals surface area contributed by atoms with Crippen molar-refractivity contribution in [1.82, 2.24) is 4.90 Å². The van der Waals surface area contributed by atoms with Crippen LogP contribution in [0.2, 0.25) is 5.02 Å². The number of rotatable bonds is 5. The number of thioether (sulfide) groups is 1. The summed E-state index contributed by atoms with van der Waals surface area (Å²) < 4.78 is 6.25. The van der Waals surface area contributed by atoms with E-state index in [1.165, 1.54) is 23.1 Å². The Bertz CT molecular complexity index is 960. The summed E-state index contributed by atoms with van der Waals surface area (Å²) in [6.45, 7) is 0.255. The summed E-state index contributed by atoms with van der Waals surface area (Å²) in [4.78, 5) is 24.6. The number of ether oxygens (including phenoxy) is 1. The van der Waals surface area contributed by atoms with Crippen molar-refractivity contribution in [3.05, 3.63) is 73.6 Å². The normalized spacial score (nSPS) is 15.5. The number of amides is 1. The molecular weight excluding hydrogens is 408 g/mol. The van der Waals surface area contributed by atoms with Gasteiger partial charge >= 0.3 is 0 Å². The molecule has 0 aliphatic carbocycles. The predicted molar refractivity (Wildman–Crippen MR) is 110 cm³/mol. The molecule has 0 spiro atoms. The van der Waals surface area contributed by atoms with E-state index in [2.05, 4.69) is 0 Å². The summed E-state index contributed by atoms with van der Waals surface area (Å²) in [6, 6.07) is 11.4. The lowest BCUT2D eigenvalue weighted by Crippen LogP contribution is -2.22. The standard InChI is InChI=1S/C18H13ClN2O4S2/c1-20-17(22)16(27-18(20)26)9-12-8-14(21(23)24)6-7-15(12)25-10-11-2-4-13(19)5-3-11/h2-9H,10H2,1H3. The van der Waals surface area contributed by atoms with E-state index in [9.17, 15) is 14.9 Å². The molecule has 9 heteroatoms. The first-order valence-electron chi connectivity index (χ1n) is 7.72. The minimum atomic E-state index is -0.495. The molecule has 0 unspecified atom stereocenters. The molecule has 0 aromatic heterocycles. The smallest absolute Gasteiger partial charge is 0.270 e. The topological polar surface area (TPSA) is 72.7 Å². The minimum Gasteiger partial charge on any atom is -0.488 e. The Hall–Kier alpha value is -2.42. The van der Waals surface area contributed by atoms with Crippen molar-refractivity contribution in [2.75, 3.05) is 7.05 Å². The van der Waals surface area contributed by atoms with Gasteiger partial charge in [0, 0.05) is 29.8 Å². The monoisotopic (exact) mass is 420 g/mol. The quantitative estimate of drug-likeness (QED) is 0.303. The maximum atomic E-state index is 12.2. The lowest BCUT2D eigenvalue weighted by Gasteiger charge is -2.10. The molecule has 0 saturated carbocycles. The zero-order valence-corrected chi connectivity index (χ0v) is 16.4. The Balaban J connectivity index is 1.91. The van der Waals surface area contributed by atoms with Crippen molar-refractivity contribution >= 4 is 57.6 Å². The summed E-state index contributed by atoms with van der Waals surface area (Å²) in [6.07, 6.45) is 1.56. The first kappa shape index (κ1) is 19.3. The van der Waals surface area contributed by atoms with Gasteiger partial charge in [-0.15, -0.1) is 0 Å². The van der Waals surface area contributed by atoms with E-state index in [1.807, 2.05) is 12.1 Å². The molecule has 0 N–H and O–H groups in total. The number of nitro groups is 1. The van der Waals surface area contributed by atoms with E-state index in [1.54, 1.807) is 25.3 Å². The molecular formula is C18H13ClN2O4S2. The SMILES string of the molecule is CN1C(=O)C(=Cc2cc([N+](=O)[O-])ccc2OCc2ccc(Cl)cc2)SC1=S. The second-order valence-corrected chi connectivity index (χ2v) is 7.75. The van der Waals surface area contributed by atoms with Crippen LogP contribution in [0.5, 0.6) is 5.75 Å². The van der Waals surface area contributed by atoms with Gasteiger partial charge < -0.3 is 4.74 Å². The molecule has 0 bridgehead atoms. The number of hydrogen-bond donors (Lipinski definition) is 0. The van der Waals surface area contributed by atoms with E-state index in [4.69, 9.17) is 28.6 Å². The molecule has 3 rings (SSSR count). The van der Waals surface area contributed by atoms with Crippen molar-refractivity contribution in [2.45, 2.75) is 6.61 Å². The van der Waals surface area contributed by atoms with E-state index < -0.39 is 4.92 Å². The third kappa shape index (κ3) is 4.47. The molecule has 1 aliphatic heterocycles. The lowest BCUT2D eigenvalue weighted by atomic mass is 10.1. The number of halogens is 1. The zero-order valence-electron chi connectivity index (χ0n) is 14.0. The molecule has 1 amide bonds. The van der Waals surface area contributed by atoms with Crippen LogP contribution in [-0.2, 0) is 11.4 Å². The average molecular weight is 421 g/mol. The zero-order chi connectivity index (χ0) is 19.6. The van der Waals surface area contributed by atoms with Crippen LogP contribution in [0.4, 0.5) is 5.69 Å². The average Bonchev–Trinajstić information content (AvgIpc) is 2.88. The molecule has 1 aliphatic rings. The maximum absolute atomic E-state index is 12.2. The number of likely N-dealkylation sites (N-methyl/N-ethyl adjacent to an activating group) is 1. The van der Waals surface area contributed by atoms with Crippen LogP contribution in [0.15, 0.2) is 47.4 Å². The van der Waals surface area contributed by atoms with Crippen LogP contribution in [0, 0.1) is 10.1 Å². The van der Waals surface area contributed by atoms with Gasteiger partial charge in [0.2, 0.25) is 0 Å². The summed E-state index contributed by atoms with van der Waals surface area (Å²) >= 11 is 12.1. The molecule has 2 aromatic carbocycles. The van der Waals surface area contributed by atoms with Gasteiger partial charge in [-0.05, 0) is 29.8 Å². The highest BCUT2D eigenvalue weighted by Gasteiger charge is 2.29. The molecule has 1 heterocycles. The fourth-order valence-corrected chi connectivity index (χ4v) is 3.62. The van der Waals surface area contributed by atoms with Gasteiger partial charge in [0.25, 0.3) is 11.6 Å². The number of nitro benzene ring substituents is 1. The second kappa shape index (κ2) is 8.08. The van der Waals surface area contributed by atoms with Crippen LogP contribution in [0.25, 0.3) is 6.08 Å². The van der Waals surface area contributed by atoms with Crippen molar-refractivity contribution in [1.29, 1.82) is 0 Å². The fraction of sp³-hybridized carbons (Fsp3) is 0.111. The van der Waals surface area contributed by atoms with Crippen molar-refractivity contribution in [2.24, 2.45) is 0 Å². The summed E-state index contributed by atoms with van der Waals surface area (Å²) in [5.74, 6) is 0.178. The van der Waals surface area contributed by atoms with Gasteiger partial charge in [-0.3, -0.25) is 19.8 Å². The number of non-ortho nitro benzene ring substituents is 1. The van der Waals surface area contributed by atoms with E-state index in [-0.39, 0.29) is 18.2 Å². The Morgan fingerprint density at radius 1 is 1.30 bits per heavy atom. The van der Waals surface area contributed by atoms with Gasteiger partial charge in [0.1, 0.15) is 16.7 Å². The predicted octanol–water partition coefficient (Wildman–Crippen LogP) is 4.66. The lowest BCUT2D eigenvalue weighted by molar-refractivity contribution is -0.384. The molecule has 1 fully saturated rings. The first-order valence-corrected chi connectivity index (χ1v) is 9.32. The molecule has 0 radical (unpaired) electrons. The van der Waals surface area contributed by atoms with Crippen LogP contribution in [0.3, 0.4) is 0 Å². The summed E-state index contributed by atoms with van der Waals surface area (Å²) in [7, 11) is 1.59. The second-order valence-electron chi connectivity index (χ2n) is 5.64. The third-order valence-corrected chi connectivity index (χ3v) is 5.52. The van der Waals surface area contributed by atoms with E-state index >= 15 is 0 Å². The number of benzene rings is 2. The largest absolute Gasteiger partial charge is 0.488 e. The Morgan fingerprint density at radius 2 is 2.00 bits per heavy atom. The Kier molecular flexibility index (Phi) is 5.79. The highest BCUT2D eigenvalue weighted by Crippen LogP contribution is 2.34. The minimum absolute atomic E-state index is 0.0907. The van der Waals surface area contributed by atoms with Crippen molar-refractivity contribution in [3.63, 3.8) is 0 Å². The van der Waals surface area contributed by atoms with Gasteiger partial charge in [-0.1, -0.05) is 47.7 Å². The number of nitrogens with zero attached hydrogens (tertiary/aromatic N) is 2. The number of hydrogen-bond acceptors (Lipinski definition) is 6. The van der Waals surface area contributed by atoms with E-state index in [0.29, 0.717) is 25.6 Å².